The van der Waals surface area contributed by atoms with Crippen molar-refractivity contribution < 1.29 is 47.3 Å². The molecule has 0 spiro atoms. The van der Waals surface area contributed by atoms with Gasteiger partial charge < -0.3 is 9.87 Å². The first-order valence-electron chi connectivity index (χ1n) is 5.29. The van der Waals surface area contributed by atoms with Crippen LogP contribution in [0.15, 0.2) is 43.0 Å². The maximum absolute atomic E-state index is 11.2. The van der Waals surface area contributed by atoms with Gasteiger partial charge in [0.1, 0.15) is 15.5 Å². The number of amides is 1. The van der Waals surface area contributed by atoms with Crippen LogP contribution in [0.1, 0.15) is 18.4 Å². The number of benzene rings is 1. The quantitative estimate of drug-likeness (QED) is 0.385. The zero-order valence-electron chi connectivity index (χ0n) is 10.9. The Morgan fingerprint density at radius 2 is 1.89 bits per heavy atom. The smallest absolute Gasteiger partial charge is 0.746 e. The van der Waals surface area contributed by atoms with E-state index >= 15 is 0 Å². The number of rotatable bonds is 5. The first kappa shape index (κ1) is 18.3. The van der Waals surface area contributed by atoms with Crippen LogP contribution >= 0.6 is 0 Å². The van der Waals surface area contributed by atoms with Crippen molar-refractivity contribution in [3.63, 3.8) is 0 Å². The molecule has 2 unspecified atom stereocenters. The molecule has 1 N–H and O–H groups in total. The number of hydrogen-bond acceptors (Lipinski definition) is 4. The Kier molecular flexibility index (Phi) is 7.54. The molecule has 1 rings (SSSR count). The maximum atomic E-state index is 11.2. The molecule has 0 aliphatic rings. The summed E-state index contributed by atoms with van der Waals surface area (Å²) in [5.41, 5.74) is 0.659. The molecule has 7 heteroatoms. The molecule has 0 aliphatic carbocycles. The SMILES string of the molecule is C=CC(=O)NC(C(C)c1ccccc1)S(=O)(=O)[O-].[Na+]. The standard InChI is InChI=1S/C12H15NO4S.Na/c1-3-11(14)13-12(18(15,16)17)9(2)10-7-5-4-6-8-10;/h3-9,12H,1H2,2H3,(H,13,14)(H,15,16,17);/q;+1/p-1. The minimum atomic E-state index is -4.65. The number of carbonyl (C=O) groups excluding carboxylic acids is 1. The van der Waals surface area contributed by atoms with Gasteiger partial charge in [0.25, 0.3) is 0 Å². The predicted molar refractivity (Wildman–Crippen MR) is 66.7 cm³/mol. The summed E-state index contributed by atoms with van der Waals surface area (Å²) in [5, 5.41) is 0.639. The summed E-state index contributed by atoms with van der Waals surface area (Å²) < 4.78 is 33.6. The summed E-state index contributed by atoms with van der Waals surface area (Å²) in [6.45, 7) is 4.79. The third-order valence-electron chi connectivity index (χ3n) is 2.56. The first-order valence-corrected chi connectivity index (χ1v) is 6.76. The Bertz CT molecular complexity index is 530. The van der Waals surface area contributed by atoms with Crippen molar-refractivity contribution in [3.8, 4) is 0 Å². The van der Waals surface area contributed by atoms with Crippen LogP contribution in [-0.2, 0) is 14.9 Å². The fourth-order valence-corrected chi connectivity index (χ4v) is 2.50. The van der Waals surface area contributed by atoms with Gasteiger partial charge in [-0.1, -0.05) is 43.8 Å². The molecule has 0 bridgehead atoms. The van der Waals surface area contributed by atoms with E-state index in [0.29, 0.717) is 5.56 Å². The Morgan fingerprint density at radius 1 is 1.37 bits per heavy atom. The van der Waals surface area contributed by atoms with E-state index in [1.54, 1.807) is 37.3 Å². The van der Waals surface area contributed by atoms with Crippen LogP contribution in [0, 0.1) is 0 Å². The molecule has 0 aliphatic heterocycles. The summed E-state index contributed by atoms with van der Waals surface area (Å²) >= 11 is 0. The zero-order chi connectivity index (χ0) is 13.8. The van der Waals surface area contributed by atoms with Gasteiger partial charge in [-0.2, -0.15) is 0 Å². The average Bonchev–Trinajstić information content (AvgIpc) is 2.34. The molecule has 0 saturated carbocycles. The van der Waals surface area contributed by atoms with Gasteiger partial charge in [0.2, 0.25) is 5.91 Å². The topological polar surface area (TPSA) is 86.3 Å². The van der Waals surface area contributed by atoms with Crippen LogP contribution in [0.25, 0.3) is 0 Å². The molecule has 0 heterocycles. The minimum Gasteiger partial charge on any atom is -0.746 e. The predicted octanol–water partition coefficient (Wildman–Crippen LogP) is -2.03. The van der Waals surface area contributed by atoms with Crippen LogP contribution in [0.4, 0.5) is 0 Å². The minimum absolute atomic E-state index is 0. The van der Waals surface area contributed by atoms with E-state index in [0.717, 1.165) is 6.08 Å². The van der Waals surface area contributed by atoms with E-state index in [4.69, 9.17) is 0 Å². The van der Waals surface area contributed by atoms with Crippen LogP contribution in [0.3, 0.4) is 0 Å². The molecule has 1 amide bonds. The number of hydrogen-bond donors (Lipinski definition) is 1. The van der Waals surface area contributed by atoms with E-state index < -0.39 is 27.3 Å². The van der Waals surface area contributed by atoms with Crippen molar-refractivity contribution in [2.24, 2.45) is 0 Å². The van der Waals surface area contributed by atoms with Crippen molar-refractivity contribution in [3.05, 3.63) is 48.6 Å². The van der Waals surface area contributed by atoms with E-state index in [9.17, 15) is 17.8 Å². The monoisotopic (exact) mass is 291 g/mol. The van der Waals surface area contributed by atoms with Gasteiger partial charge in [-0.15, -0.1) is 0 Å². The number of nitrogens with one attached hydrogen (secondary N) is 1. The molecule has 1 aromatic carbocycles. The Balaban J connectivity index is 0.00000324. The van der Waals surface area contributed by atoms with Crippen LogP contribution in [0.2, 0.25) is 0 Å². The molecular weight excluding hydrogens is 277 g/mol. The molecule has 98 valence electrons. The first-order chi connectivity index (χ1) is 8.36. The molecule has 19 heavy (non-hydrogen) atoms. The molecule has 0 fully saturated rings. The van der Waals surface area contributed by atoms with Crippen LogP contribution in [0.5, 0.6) is 0 Å². The summed E-state index contributed by atoms with van der Waals surface area (Å²) in [7, 11) is -4.65. The summed E-state index contributed by atoms with van der Waals surface area (Å²) in [6, 6.07) is 8.64. The van der Waals surface area contributed by atoms with Gasteiger partial charge >= 0.3 is 29.6 Å². The average molecular weight is 291 g/mol. The second-order valence-electron chi connectivity index (χ2n) is 3.83. The molecule has 0 radical (unpaired) electrons. The van der Waals surface area contributed by atoms with Crippen molar-refractivity contribution in [1.82, 2.24) is 5.32 Å². The number of carbonyl (C=O) groups is 1. The van der Waals surface area contributed by atoms with Crippen molar-refractivity contribution in [2.75, 3.05) is 0 Å². The summed E-state index contributed by atoms with van der Waals surface area (Å²) in [6.07, 6.45) is 0.926. The van der Waals surface area contributed by atoms with E-state index in [1.807, 2.05) is 0 Å². The largest absolute Gasteiger partial charge is 1.00 e. The molecule has 0 saturated heterocycles. The molecule has 0 aromatic heterocycles. The normalized spacial score (nSPS) is 13.8. The zero-order valence-corrected chi connectivity index (χ0v) is 13.7. The summed E-state index contributed by atoms with van der Waals surface area (Å²) in [4.78, 5) is 11.2. The Morgan fingerprint density at radius 3 is 2.32 bits per heavy atom. The van der Waals surface area contributed by atoms with E-state index in [2.05, 4.69) is 11.9 Å². The fourth-order valence-electron chi connectivity index (χ4n) is 1.58. The maximum Gasteiger partial charge on any atom is 1.00 e. The second kappa shape index (κ2) is 7.81. The van der Waals surface area contributed by atoms with Crippen LogP contribution < -0.4 is 34.9 Å². The molecular formula is C12H14NNaO4S. The van der Waals surface area contributed by atoms with Crippen molar-refractivity contribution >= 4 is 16.0 Å². The molecule has 5 nitrogen and oxygen atoms in total. The van der Waals surface area contributed by atoms with Gasteiger partial charge in [0.05, 0.1) is 0 Å². The third-order valence-corrected chi connectivity index (χ3v) is 3.71. The Hall–Kier alpha value is -0.660. The fraction of sp³-hybridized carbons (Fsp3) is 0.250. The van der Waals surface area contributed by atoms with Crippen molar-refractivity contribution in [1.29, 1.82) is 0 Å². The van der Waals surface area contributed by atoms with Gasteiger partial charge in [0.15, 0.2) is 0 Å². The Labute approximate surface area is 135 Å². The molecule has 1 aromatic rings. The molecule has 2 atom stereocenters. The van der Waals surface area contributed by atoms with Crippen molar-refractivity contribution in [2.45, 2.75) is 18.2 Å². The van der Waals surface area contributed by atoms with Crippen LogP contribution in [-0.4, -0.2) is 24.3 Å². The second-order valence-corrected chi connectivity index (χ2v) is 5.32. The van der Waals surface area contributed by atoms with Gasteiger partial charge in [0, 0.05) is 5.92 Å². The van der Waals surface area contributed by atoms with E-state index in [-0.39, 0.29) is 29.6 Å². The van der Waals surface area contributed by atoms with Gasteiger partial charge in [-0.3, -0.25) is 4.79 Å². The van der Waals surface area contributed by atoms with E-state index in [1.165, 1.54) is 0 Å². The van der Waals surface area contributed by atoms with Gasteiger partial charge in [-0.25, -0.2) is 8.42 Å². The van der Waals surface area contributed by atoms with Gasteiger partial charge in [-0.05, 0) is 11.6 Å². The third kappa shape index (κ3) is 5.46. The summed E-state index contributed by atoms with van der Waals surface area (Å²) in [5.74, 6) is -1.33.